The van der Waals surface area contributed by atoms with E-state index in [2.05, 4.69) is 0 Å². The van der Waals surface area contributed by atoms with Gasteiger partial charge in [-0.3, -0.25) is 19.3 Å². The largest absolute Gasteiger partial charge is 0.449 e. The second-order valence-electron chi connectivity index (χ2n) is 8.02. The molecule has 178 valence electrons. The van der Waals surface area contributed by atoms with Gasteiger partial charge in [-0.15, -0.1) is 0 Å². The van der Waals surface area contributed by atoms with Gasteiger partial charge in [-0.2, -0.15) is 4.31 Å². The topological polar surface area (TPSA) is 121 Å². The maximum atomic E-state index is 12.8. The third-order valence-corrected chi connectivity index (χ3v) is 7.80. The Bertz CT molecular complexity index is 1270. The van der Waals surface area contributed by atoms with E-state index < -0.39 is 39.8 Å². The van der Waals surface area contributed by atoms with E-state index in [1.807, 2.05) is 0 Å². The number of sulfonamides is 1. The first kappa shape index (κ1) is 23.6. The molecule has 2 aliphatic heterocycles. The lowest BCUT2D eigenvalue weighted by Crippen LogP contribution is -2.52. The fourth-order valence-corrected chi connectivity index (χ4v) is 5.36. The number of imide groups is 1. The molecule has 2 aromatic rings. The minimum atomic E-state index is -3.65. The van der Waals surface area contributed by atoms with Crippen molar-refractivity contribution in [1.29, 1.82) is 0 Å². The van der Waals surface area contributed by atoms with Gasteiger partial charge in [0, 0.05) is 33.2 Å². The van der Waals surface area contributed by atoms with Crippen molar-refractivity contribution in [1.82, 2.24) is 14.1 Å². The highest BCUT2D eigenvalue weighted by Crippen LogP contribution is 2.23. The first-order valence-electron chi connectivity index (χ1n) is 10.6. The van der Waals surface area contributed by atoms with Crippen LogP contribution in [-0.4, -0.2) is 85.5 Å². The van der Waals surface area contributed by atoms with Crippen molar-refractivity contribution < 1.29 is 32.3 Å². The maximum absolute atomic E-state index is 12.8. The van der Waals surface area contributed by atoms with Crippen LogP contribution in [0.3, 0.4) is 0 Å². The summed E-state index contributed by atoms with van der Waals surface area (Å²) >= 11 is 0. The zero-order valence-electron chi connectivity index (χ0n) is 18.6. The quantitative estimate of drug-likeness (QED) is 0.457. The van der Waals surface area contributed by atoms with Crippen LogP contribution in [0, 0.1) is 0 Å². The second-order valence-corrected chi connectivity index (χ2v) is 9.96. The molecule has 10 nitrogen and oxygen atoms in total. The van der Waals surface area contributed by atoms with Crippen LogP contribution in [0.1, 0.15) is 38.0 Å². The van der Waals surface area contributed by atoms with Gasteiger partial charge in [0.2, 0.25) is 10.0 Å². The fraction of sp³-hybridized carbons (Fsp3) is 0.304. The van der Waals surface area contributed by atoms with Crippen molar-refractivity contribution in [3.05, 3.63) is 65.2 Å². The van der Waals surface area contributed by atoms with Crippen molar-refractivity contribution in [3.8, 4) is 0 Å². The van der Waals surface area contributed by atoms with Crippen LogP contribution in [0.15, 0.2) is 53.4 Å². The van der Waals surface area contributed by atoms with Crippen molar-refractivity contribution >= 4 is 33.7 Å². The molecule has 2 aliphatic rings. The molecule has 0 spiro atoms. The number of ether oxygens (including phenoxy) is 1. The van der Waals surface area contributed by atoms with Gasteiger partial charge >= 0.3 is 5.97 Å². The molecule has 0 radical (unpaired) electrons. The van der Waals surface area contributed by atoms with Gasteiger partial charge in [0.15, 0.2) is 6.10 Å². The fourth-order valence-electron chi connectivity index (χ4n) is 3.91. The Balaban J connectivity index is 1.36. The van der Waals surface area contributed by atoms with Gasteiger partial charge in [-0.05, 0) is 37.3 Å². The van der Waals surface area contributed by atoms with Crippen LogP contribution in [0.5, 0.6) is 0 Å². The molecule has 0 aromatic heterocycles. The number of nitrogens with zero attached hydrogens (tertiary/aromatic N) is 3. The SMILES string of the molecule is CC(OC(=O)c1ccc2c(c1)C(=O)N(C)C2=O)C(=O)N1CCN(S(=O)(=O)c2ccccc2)CC1. The minimum absolute atomic E-state index is 0.0497. The van der Waals surface area contributed by atoms with E-state index in [1.165, 1.54) is 53.5 Å². The predicted molar refractivity (Wildman–Crippen MR) is 120 cm³/mol. The molecular formula is C23H23N3O7S. The number of esters is 1. The van der Waals surface area contributed by atoms with Gasteiger partial charge in [0.25, 0.3) is 17.7 Å². The minimum Gasteiger partial charge on any atom is -0.449 e. The molecule has 0 saturated carbocycles. The summed E-state index contributed by atoms with van der Waals surface area (Å²) < 4.78 is 32.1. The molecule has 34 heavy (non-hydrogen) atoms. The summed E-state index contributed by atoms with van der Waals surface area (Å²) in [5.41, 5.74) is 0.363. The Morgan fingerprint density at radius 3 is 2.18 bits per heavy atom. The van der Waals surface area contributed by atoms with Gasteiger partial charge in [-0.1, -0.05) is 18.2 Å². The van der Waals surface area contributed by atoms with E-state index in [0.29, 0.717) is 0 Å². The Kier molecular flexibility index (Phi) is 6.24. The zero-order chi connectivity index (χ0) is 24.6. The van der Waals surface area contributed by atoms with Crippen molar-refractivity contribution in [2.75, 3.05) is 33.2 Å². The number of hydrogen-bond acceptors (Lipinski definition) is 7. The van der Waals surface area contributed by atoms with E-state index in [9.17, 15) is 27.6 Å². The number of benzene rings is 2. The van der Waals surface area contributed by atoms with E-state index >= 15 is 0 Å². The lowest BCUT2D eigenvalue weighted by molar-refractivity contribution is -0.141. The van der Waals surface area contributed by atoms with Crippen LogP contribution >= 0.6 is 0 Å². The molecule has 0 aliphatic carbocycles. The average Bonchev–Trinajstić information content (AvgIpc) is 3.07. The summed E-state index contributed by atoms with van der Waals surface area (Å²) in [6, 6.07) is 12.1. The number of rotatable bonds is 5. The third kappa shape index (κ3) is 4.19. The maximum Gasteiger partial charge on any atom is 0.338 e. The summed E-state index contributed by atoms with van der Waals surface area (Å²) in [6.07, 6.45) is -1.11. The van der Waals surface area contributed by atoms with E-state index in [0.717, 1.165) is 4.90 Å². The van der Waals surface area contributed by atoms with Crippen molar-refractivity contribution in [3.63, 3.8) is 0 Å². The van der Waals surface area contributed by atoms with E-state index in [1.54, 1.807) is 18.2 Å². The van der Waals surface area contributed by atoms with Gasteiger partial charge < -0.3 is 9.64 Å². The van der Waals surface area contributed by atoms with E-state index in [-0.39, 0.29) is 47.8 Å². The molecule has 0 bridgehead atoms. The highest BCUT2D eigenvalue weighted by atomic mass is 32.2. The van der Waals surface area contributed by atoms with E-state index in [4.69, 9.17) is 4.74 Å². The highest BCUT2D eigenvalue weighted by Gasteiger charge is 2.35. The van der Waals surface area contributed by atoms with Crippen LogP contribution in [0.25, 0.3) is 0 Å². The third-order valence-electron chi connectivity index (χ3n) is 5.89. The van der Waals surface area contributed by atoms with Gasteiger partial charge in [0.1, 0.15) is 0 Å². The zero-order valence-corrected chi connectivity index (χ0v) is 19.4. The standard InChI is InChI=1S/C23H23N3O7S/c1-15(33-23(30)16-8-9-18-19(14-16)22(29)24(2)21(18)28)20(27)25-10-12-26(13-11-25)34(31,32)17-6-4-3-5-7-17/h3-9,14-15H,10-13H2,1-2H3. The summed E-state index contributed by atoms with van der Waals surface area (Å²) in [5, 5.41) is 0. The van der Waals surface area contributed by atoms with Crippen LogP contribution in [0.4, 0.5) is 0 Å². The molecule has 1 atom stereocenters. The normalized spacial score (nSPS) is 17.5. The Hall–Kier alpha value is -3.57. The second kappa shape index (κ2) is 8.99. The van der Waals surface area contributed by atoms with Crippen LogP contribution in [-0.2, 0) is 19.6 Å². The number of amides is 3. The Morgan fingerprint density at radius 1 is 0.912 bits per heavy atom. The lowest BCUT2D eigenvalue weighted by Gasteiger charge is -2.35. The first-order chi connectivity index (χ1) is 16.1. The number of carbonyl (C=O) groups excluding carboxylic acids is 4. The monoisotopic (exact) mass is 485 g/mol. The number of piperazine rings is 1. The molecule has 4 rings (SSSR count). The van der Waals surface area contributed by atoms with Crippen molar-refractivity contribution in [2.24, 2.45) is 0 Å². The molecule has 2 aromatic carbocycles. The molecule has 1 unspecified atom stereocenters. The summed E-state index contributed by atoms with van der Waals surface area (Å²) in [5.74, 6) is -2.21. The summed E-state index contributed by atoms with van der Waals surface area (Å²) in [7, 11) is -2.29. The number of carbonyl (C=O) groups is 4. The lowest BCUT2D eigenvalue weighted by atomic mass is 10.1. The van der Waals surface area contributed by atoms with Crippen LogP contribution in [0.2, 0.25) is 0 Å². The summed E-state index contributed by atoms with van der Waals surface area (Å²) in [6.45, 7) is 2.00. The smallest absolute Gasteiger partial charge is 0.338 e. The van der Waals surface area contributed by atoms with Gasteiger partial charge in [0.05, 0.1) is 21.6 Å². The first-order valence-corrected chi connectivity index (χ1v) is 12.1. The highest BCUT2D eigenvalue weighted by molar-refractivity contribution is 7.89. The molecule has 3 amide bonds. The molecule has 2 heterocycles. The molecular weight excluding hydrogens is 462 g/mol. The molecule has 1 saturated heterocycles. The number of hydrogen-bond donors (Lipinski definition) is 0. The van der Waals surface area contributed by atoms with Crippen molar-refractivity contribution in [2.45, 2.75) is 17.9 Å². The molecule has 0 N–H and O–H groups in total. The summed E-state index contributed by atoms with van der Waals surface area (Å²) in [4.78, 5) is 52.1. The Labute approximate surface area is 196 Å². The predicted octanol–water partition coefficient (Wildman–Crippen LogP) is 0.991. The van der Waals surface area contributed by atoms with Crippen LogP contribution < -0.4 is 0 Å². The average molecular weight is 486 g/mol. The van der Waals surface area contributed by atoms with Gasteiger partial charge in [-0.25, -0.2) is 13.2 Å². The Morgan fingerprint density at radius 2 is 1.53 bits per heavy atom. The number of fused-ring (bicyclic) bond motifs is 1. The molecule has 11 heteroatoms. The molecule has 1 fully saturated rings.